The van der Waals surface area contributed by atoms with Crippen LogP contribution in [0.5, 0.6) is 17.2 Å². The molecule has 204 valence electrons. The Morgan fingerprint density at radius 3 is 1.82 bits per heavy atom. The standard InChI is InChI=1S/C27H21B8N3O6/c1-7(2)27(43)44-25-10(39)5-36-38-9(6-37(8(3)4)26(42)22(25)38)11(12-14(28)18(32)20(34)19(33)15(12)29)13-16(30)21(35)24(41)23(40)17(13)31/h5,7-9,11,40-41H,6H2,1-4H3/t9-,11?/m1/s1. The Hall–Kier alpha value is -3.62. The maximum atomic E-state index is 13.9. The molecule has 3 aromatic rings. The summed E-state index contributed by atoms with van der Waals surface area (Å²) in [6.45, 7) is 6.43. The summed E-state index contributed by atoms with van der Waals surface area (Å²) < 4.78 is 6.60. The third-order valence-corrected chi connectivity index (χ3v) is 7.78. The molecule has 17 heteroatoms. The highest BCUT2D eigenvalue weighted by Crippen LogP contribution is 2.39. The lowest BCUT2D eigenvalue weighted by atomic mass is 9.56. The predicted octanol–water partition coefficient (Wildman–Crippen LogP) is -6.20. The number of hydrogen-bond acceptors (Lipinski definition) is 7. The van der Waals surface area contributed by atoms with Crippen molar-refractivity contribution < 1.29 is 24.5 Å². The molecule has 9 nitrogen and oxygen atoms in total. The lowest BCUT2D eigenvalue weighted by molar-refractivity contribution is -0.137. The normalized spacial score (nSPS) is 15.5. The minimum absolute atomic E-state index is 0.0346. The van der Waals surface area contributed by atoms with Crippen molar-refractivity contribution in [1.82, 2.24) is 14.7 Å². The summed E-state index contributed by atoms with van der Waals surface area (Å²) >= 11 is 0. The average molecular weight is 570 g/mol. The van der Waals surface area contributed by atoms with Crippen LogP contribution in [0.3, 0.4) is 0 Å². The van der Waals surface area contributed by atoms with Gasteiger partial charge in [0.15, 0.2) is 5.69 Å². The first-order valence-corrected chi connectivity index (χ1v) is 13.5. The Morgan fingerprint density at radius 1 is 0.818 bits per heavy atom. The van der Waals surface area contributed by atoms with Gasteiger partial charge in [-0.2, -0.15) is 5.10 Å². The van der Waals surface area contributed by atoms with Crippen LogP contribution in [0.1, 0.15) is 61.3 Å². The van der Waals surface area contributed by atoms with E-state index in [2.05, 4.69) is 5.10 Å². The van der Waals surface area contributed by atoms with Gasteiger partial charge >= 0.3 is 5.97 Å². The smallest absolute Gasteiger partial charge is 0.313 e. The number of hydrogen-bond donors (Lipinski definition) is 2. The van der Waals surface area contributed by atoms with Gasteiger partial charge in [0.2, 0.25) is 11.2 Å². The summed E-state index contributed by atoms with van der Waals surface area (Å²) in [6.07, 6.45) is 0.878. The van der Waals surface area contributed by atoms with Crippen molar-refractivity contribution in [1.29, 1.82) is 0 Å². The molecule has 0 spiro atoms. The molecule has 2 heterocycles. The van der Waals surface area contributed by atoms with Crippen molar-refractivity contribution in [3.8, 4) is 17.2 Å². The number of rotatable bonds is 6. The van der Waals surface area contributed by atoms with Gasteiger partial charge in [-0.3, -0.25) is 19.1 Å². The zero-order valence-electron chi connectivity index (χ0n) is 24.6. The molecule has 16 radical (unpaired) electrons. The highest BCUT2D eigenvalue weighted by atomic mass is 16.5. The molecule has 2 atom stereocenters. The average Bonchev–Trinajstić information content (AvgIpc) is 2.97. The Labute approximate surface area is 265 Å². The molecule has 0 saturated heterocycles. The van der Waals surface area contributed by atoms with Gasteiger partial charge in [-0.05, 0) is 24.9 Å². The minimum Gasteiger partial charge on any atom is -0.505 e. The number of ether oxygens (including phenoxy) is 1. The van der Waals surface area contributed by atoms with Gasteiger partial charge in [-0.15, -0.1) is 27.3 Å². The van der Waals surface area contributed by atoms with Crippen LogP contribution in [-0.2, 0) is 4.79 Å². The molecular formula is C27H21B8N3O6. The topological polar surface area (TPSA) is 122 Å². The Bertz CT molecular complexity index is 1650. The van der Waals surface area contributed by atoms with Crippen LogP contribution >= 0.6 is 0 Å². The van der Waals surface area contributed by atoms with E-state index >= 15 is 0 Å². The van der Waals surface area contributed by atoms with Gasteiger partial charge in [0.1, 0.15) is 74.3 Å². The van der Waals surface area contributed by atoms with E-state index in [9.17, 15) is 24.6 Å². The van der Waals surface area contributed by atoms with Gasteiger partial charge in [0, 0.05) is 18.5 Å². The van der Waals surface area contributed by atoms with E-state index < -0.39 is 69.4 Å². The number of carbonyl (C=O) groups is 2. The van der Waals surface area contributed by atoms with Crippen LogP contribution in [0, 0.1) is 5.92 Å². The molecule has 44 heavy (non-hydrogen) atoms. The molecule has 0 bridgehead atoms. The maximum Gasteiger partial charge on any atom is 0.313 e. The zero-order valence-corrected chi connectivity index (χ0v) is 24.6. The molecule has 2 aromatic carbocycles. The van der Waals surface area contributed by atoms with Crippen LogP contribution in [-0.4, -0.2) is 112 Å². The first kappa shape index (κ1) is 33.3. The molecule has 1 aliphatic rings. The Kier molecular flexibility index (Phi) is 9.11. The molecule has 1 aliphatic heterocycles. The highest BCUT2D eigenvalue weighted by Gasteiger charge is 2.43. The number of benzene rings is 2. The summed E-state index contributed by atoms with van der Waals surface area (Å²) in [5.74, 6) is -5.47. The Morgan fingerprint density at radius 2 is 1.30 bits per heavy atom. The van der Waals surface area contributed by atoms with E-state index in [0.29, 0.717) is 0 Å². The van der Waals surface area contributed by atoms with E-state index in [0.717, 1.165) is 10.9 Å². The van der Waals surface area contributed by atoms with Crippen LogP contribution < -0.4 is 53.9 Å². The number of fused-ring (bicyclic) bond motifs is 1. The quantitative estimate of drug-likeness (QED) is 0.172. The summed E-state index contributed by atoms with van der Waals surface area (Å²) in [7, 11) is 50.4. The van der Waals surface area contributed by atoms with Gasteiger partial charge in [0.05, 0.1) is 18.2 Å². The predicted molar refractivity (Wildman–Crippen MR) is 175 cm³/mol. The van der Waals surface area contributed by atoms with Gasteiger partial charge in [-0.25, -0.2) is 0 Å². The first-order valence-electron chi connectivity index (χ1n) is 13.5. The highest BCUT2D eigenvalue weighted by molar-refractivity contribution is 6.67. The van der Waals surface area contributed by atoms with Crippen LogP contribution in [0.15, 0.2) is 11.0 Å². The Balaban J connectivity index is 2.21. The van der Waals surface area contributed by atoms with Crippen molar-refractivity contribution in [2.24, 2.45) is 5.92 Å². The van der Waals surface area contributed by atoms with Gasteiger partial charge in [0.25, 0.3) is 5.91 Å². The fraction of sp³-hybridized carbons (Fsp3) is 0.333. The van der Waals surface area contributed by atoms with Crippen molar-refractivity contribution in [2.75, 3.05) is 6.54 Å². The molecule has 1 unspecified atom stereocenters. The minimum atomic E-state index is -1.27. The number of aromatic hydroxyl groups is 2. The number of phenols is 2. The molecular weight excluding hydrogens is 549 g/mol. The molecule has 4 rings (SSSR count). The van der Waals surface area contributed by atoms with E-state index in [-0.39, 0.29) is 56.1 Å². The molecule has 1 aromatic heterocycles. The van der Waals surface area contributed by atoms with Crippen LogP contribution in [0.25, 0.3) is 0 Å². The summed E-state index contributed by atoms with van der Waals surface area (Å²) in [6, 6.07) is -1.56. The SMILES string of the molecule is [B]c1c([B])c([B])c(C(c2c([B])c([B])c(O)c(O)c2[B])[C@H]2CN(C(C)C)C(=O)c3c(OC(=O)C(C)C)c(=O)cnn32)c([B])c1[B]. The largest absolute Gasteiger partial charge is 0.505 e. The van der Waals surface area contributed by atoms with E-state index in [4.69, 9.17) is 67.5 Å². The second kappa shape index (κ2) is 12.1. The van der Waals surface area contributed by atoms with Crippen molar-refractivity contribution in [2.45, 2.75) is 45.7 Å². The molecule has 0 aliphatic carbocycles. The first-order chi connectivity index (χ1) is 20.4. The van der Waals surface area contributed by atoms with Gasteiger partial charge in [-0.1, -0.05) is 30.3 Å². The number of carbonyl (C=O) groups excluding carboxylic acids is 2. The molecule has 2 N–H and O–H groups in total. The lowest BCUT2D eigenvalue weighted by Gasteiger charge is -2.43. The van der Waals surface area contributed by atoms with E-state index in [1.54, 1.807) is 27.7 Å². The summed E-state index contributed by atoms with van der Waals surface area (Å²) in [5.41, 5.74) is -2.93. The van der Waals surface area contributed by atoms with E-state index in [1.807, 2.05) is 0 Å². The monoisotopic (exact) mass is 571 g/mol. The molecule has 1 amide bonds. The number of nitrogens with zero attached hydrogens (tertiary/aromatic N) is 3. The second-order valence-corrected chi connectivity index (χ2v) is 11.1. The number of amides is 1. The lowest BCUT2D eigenvalue weighted by Crippen LogP contribution is -2.59. The summed E-state index contributed by atoms with van der Waals surface area (Å²) in [4.78, 5) is 40.9. The fourth-order valence-electron chi connectivity index (χ4n) is 5.28. The summed E-state index contributed by atoms with van der Waals surface area (Å²) in [5, 5.41) is 25.4. The van der Waals surface area contributed by atoms with Crippen molar-refractivity contribution >= 4 is 118 Å². The van der Waals surface area contributed by atoms with E-state index in [1.165, 1.54) is 4.90 Å². The third-order valence-electron chi connectivity index (χ3n) is 7.78. The molecule has 0 fully saturated rings. The number of aromatic nitrogens is 2. The molecule has 0 saturated carbocycles. The fourth-order valence-corrected chi connectivity index (χ4v) is 5.28. The van der Waals surface area contributed by atoms with Crippen molar-refractivity contribution in [3.63, 3.8) is 0 Å². The van der Waals surface area contributed by atoms with Gasteiger partial charge < -0.3 is 19.8 Å². The van der Waals surface area contributed by atoms with Crippen LogP contribution in [0.4, 0.5) is 0 Å². The number of phenolic OH excluding ortho intramolecular Hbond substituents is 2. The zero-order chi connectivity index (χ0) is 33.1. The third kappa shape index (κ3) is 5.22. The number of esters is 1. The van der Waals surface area contributed by atoms with Crippen LogP contribution in [0.2, 0.25) is 0 Å². The second-order valence-electron chi connectivity index (χ2n) is 11.1. The van der Waals surface area contributed by atoms with Crippen molar-refractivity contribution in [3.05, 3.63) is 33.2 Å². The maximum absolute atomic E-state index is 13.9.